The molecule has 62 valence electrons. The van der Waals surface area contributed by atoms with E-state index in [4.69, 9.17) is 10.9 Å². The predicted molar refractivity (Wildman–Crippen MR) is 45.9 cm³/mol. The van der Waals surface area contributed by atoms with E-state index in [-0.39, 0.29) is 5.92 Å². The molecule has 0 N–H and O–H groups in total. The number of hydrogen-bond donors (Lipinski definition) is 0. The highest BCUT2D eigenvalue weighted by molar-refractivity contribution is 7.59. The third-order valence-corrected chi connectivity index (χ3v) is 4.78. The zero-order valence-electron chi connectivity index (χ0n) is 6.75. The lowest BCUT2D eigenvalue weighted by atomic mass is 10.1. The summed E-state index contributed by atoms with van der Waals surface area (Å²) in [7, 11) is -0.796. The van der Waals surface area contributed by atoms with E-state index in [1.807, 2.05) is 0 Å². The first-order chi connectivity index (χ1) is 5.20. The van der Waals surface area contributed by atoms with Crippen LogP contribution in [0.4, 0.5) is 0 Å². The molecule has 1 heterocycles. The van der Waals surface area contributed by atoms with Gasteiger partial charge in [0.1, 0.15) is 0 Å². The molecule has 1 rings (SSSR count). The van der Waals surface area contributed by atoms with Crippen LogP contribution in [0.5, 0.6) is 0 Å². The molecule has 0 spiro atoms. The van der Waals surface area contributed by atoms with Crippen molar-refractivity contribution in [1.29, 1.82) is 0 Å². The summed E-state index contributed by atoms with van der Waals surface area (Å²) in [6.45, 7) is 0. The van der Waals surface area contributed by atoms with Crippen LogP contribution in [0.2, 0.25) is 0 Å². The average Bonchev–Trinajstić information content (AvgIpc) is 2.05. The van der Waals surface area contributed by atoms with Gasteiger partial charge in [-0.2, -0.15) is 0 Å². The Bertz CT molecular complexity index is 217. The second-order valence-corrected chi connectivity index (χ2v) is 5.72. The number of rotatable bonds is 1. The Morgan fingerprint density at radius 1 is 1.73 bits per heavy atom. The Balaban J connectivity index is 2.61. The second-order valence-electron chi connectivity index (χ2n) is 2.91. The minimum atomic E-state index is -2.31. The summed E-state index contributed by atoms with van der Waals surface area (Å²) in [5, 5.41) is 0. The van der Waals surface area contributed by atoms with Gasteiger partial charge < -0.3 is 4.52 Å². The normalized spacial score (nSPS) is 38.0. The van der Waals surface area contributed by atoms with Crippen molar-refractivity contribution in [1.82, 2.24) is 0 Å². The highest BCUT2D eigenvalue weighted by Crippen LogP contribution is 2.52. The Kier molecular flexibility index (Phi) is 2.76. The molecule has 2 nitrogen and oxygen atoms in total. The van der Waals surface area contributed by atoms with Crippen LogP contribution in [0, 0.1) is 18.3 Å². The van der Waals surface area contributed by atoms with Crippen LogP contribution in [0.3, 0.4) is 0 Å². The van der Waals surface area contributed by atoms with Crippen LogP contribution in [-0.4, -0.2) is 19.4 Å². The molecule has 1 saturated heterocycles. The summed E-state index contributed by atoms with van der Waals surface area (Å²) in [5.74, 6) is 2.82. The monoisotopic (exact) mass is 172 g/mol. The van der Waals surface area contributed by atoms with Crippen LogP contribution in [0.25, 0.3) is 0 Å². The van der Waals surface area contributed by atoms with Gasteiger partial charge in [-0.25, -0.2) is 0 Å². The van der Waals surface area contributed by atoms with Crippen molar-refractivity contribution in [3.05, 3.63) is 0 Å². The summed E-state index contributed by atoms with van der Waals surface area (Å²) in [4.78, 5) is 0. The van der Waals surface area contributed by atoms with E-state index in [1.165, 1.54) is 7.11 Å². The predicted octanol–water partition coefficient (Wildman–Crippen LogP) is 1.95. The Labute approximate surface area is 67.8 Å². The van der Waals surface area contributed by atoms with Gasteiger partial charge in [0.15, 0.2) is 0 Å². The van der Waals surface area contributed by atoms with Crippen LogP contribution in [0.15, 0.2) is 0 Å². The van der Waals surface area contributed by atoms with Gasteiger partial charge in [0.05, 0.1) is 0 Å². The fourth-order valence-electron chi connectivity index (χ4n) is 1.40. The average molecular weight is 172 g/mol. The second kappa shape index (κ2) is 3.43. The molecule has 0 amide bonds. The lowest BCUT2D eigenvalue weighted by Gasteiger charge is -2.24. The molecule has 1 aliphatic heterocycles. The first-order valence-electron chi connectivity index (χ1n) is 3.80. The van der Waals surface area contributed by atoms with Gasteiger partial charge in [-0.3, -0.25) is 4.57 Å². The quantitative estimate of drug-likeness (QED) is 0.446. The molecular weight excluding hydrogens is 159 g/mol. The van der Waals surface area contributed by atoms with Crippen molar-refractivity contribution in [3.63, 3.8) is 0 Å². The van der Waals surface area contributed by atoms with Crippen molar-refractivity contribution in [2.45, 2.75) is 12.8 Å². The minimum absolute atomic E-state index is 0.175. The number of terminal acetylenes is 1. The highest BCUT2D eigenvalue weighted by Gasteiger charge is 2.29. The highest BCUT2D eigenvalue weighted by atomic mass is 31.2. The lowest BCUT2D eigenvalue weighted by molar-refractivity contribution is 0.377. The summed E-state index contributed by atoms with van der Waals surface area (Å²) in [5.41, 5.74) is 0. The zero-order valence-corrected chi connectivity index (χ0v) is 7.64. The van der Waals surface area contributed by atoms with Gasteiger partial charge in [0, 0.05) is 25.4 Å². The molecule has 3 heteroatoms. The molecule has 0 bridgehead atoms. The van der Waals surface area contributed by atoms with Crippen molar-refractivity contribution in [2.75, 3.05) is 19.4 Å². The van der Waals surface area contributed by atoms with Crippen LogP contribution in [-0.2, 0) is 9.09 Å². The van der Waals surface area contributed by atoms with Gasteiger partial charge in [-0.05, 0) is 12.8 Å². The van der Waals surface area contributed by atoms with Crippen molar-refractivity contribution in [2.24, 2.45) is 5.92 Å². The van der Waals surface area contributed by atoms with Crippen molar-refractivity contribution >= 4 is 7.37 Å². The Morgan fingerprint density at radius 3 is 3.00 bits per heavy atom. The molecule has 11 heavy (non-hydrogen) atoms. The molecule has 0 saturated carbocycles. The fraction of sp³-hybridized carbons (Fsp3) is 0.750. The van der Waals surface area contributed by atoms with Crippen molar-refractivity contribution in [3.8, 4) is 12.3 Å². The van der Waals surface area contributed by atoms with Gasteiger partial charge >= 0.3 is 0 Å². The molecule has 0 aromatic heterocycles. The van der Waals surface area contributed by atoms with E-state index in [0.29, 0.717) is 12.3 Å². The van der Waals surface area contributed by atoms with E-state index in [9.17, 15) is 4.57 Å². The number of hydrogen-bond acceptors (Lipinski definition) is 2. The van der Waals surface area contributed by atoms with Gasteiger partial charge in [-0.15, -0.1) is 12.3 Å². The maximum absolute atomic E-state index is 11.7. The lowest BCUT2D eigenvalue weighted by Crippen LogP contribution is -2.14. The maximum Gasteiger partial charge on any atom is 0.204 e. The minimum Gasteiger partial charge on any atom is -0.332 e. The van der Waals surface area contributed by atoms with E-state index in [1.54, 1.807) is 0 Å². The smallest absolute Gasteiger partial charge is 0.204 e. The van der Waals surface area contributed by atoms with E-state index >= 15 is 0 Å². The molecule has 0 radical (unpaired) electrons. The molecule has 2 atom stereocenters. The van der Waals surface area contributed by atoms with Crippen LogP contribution >= 0.6 is 7.37 Å². The Hall–Kier alpha value is -0.250. The third-order valence-electron chi connectivity index (χ3n) is 2.12. The maximum atomic E-state index is 11.7. The SMILES string of the molecule is C#CC1CCCP(=O)(OC)C1. The van der Waals surface area contributed by atoms with E-state index < -0.39 is 7.37 Å². The first-order valence-corrected chi connectivity index (χ1v) is 5.79. The van der Waals surface area contributed by atoms with Gasteiger partial charge in [0.2, 0.25) is 7.37 Å². The standard InChI is InChI=1S/C8H13O2P/c1-3-8-5-4-6-11(9,7-8)10-2/h1,8H,4-7H2,2H3. The van der Waals surface area contributed by atoms with Crippen LogP contribution in [0.1, 0.15) is 12.8 Å². The summed E-state index contributed by atoms with van der Waals surface area (Å²) >= 11 is 0. The molecule has 1 fully saturated rings. The summed E-state index contributed by atoms with van der Waals surface area (Å²) in [6.07, 6.45) is 8.49. The molecule has 1 aliphatic rings. The third kappa shape index (κ3) is 2.09. The fourth-order valence-corrected chi connectivity index (χ4v) is 3.54. The Morgan fingerprint density at radius 2 is 2.45 bits per heavy atom. The van der Waals surface area contributed by atoms with Gasteiger partial charge in [0.25, 0.3) is 0 Å². The van der Waals surface area contributed by atoms with E-state index in [2.05, 4.69) is 5.92 Å². The molecule has 0 aromatic carbocycles. The summed E-state index contributed by atoms with van der Waals surface area (Å²) < 4.78 is 16.6. The topological polar surface area (TPSA) is 26.3 Å². The first kappa shape index (κ1) is 8.84. The molecule has 2 unspecified atom stereocenters. The van der Waals surface area contributed by atoms with Gasteiger partial charge in [-0.1, -0.05) is 0 Å². The van der Waals surface area contributed by atoms with Crippen LogP contribution < -0.4 is 0 Å². The van der Waals surface area contributed by atoms with E-state index in [0.717, 1.165) is 12.8 Å². The zero-order chi connectivity index (χ0) is 8.32. The van der Waals surface area contributed by atoms with Crippen molar-refractivity contribution < 1.29 is 9.09 Å². The largest absolute Gasteiger partial charge is 0.332 e. The molecule has 0 aliphatic carbocycles. The summed E-state index contributed by atoms with van der Waals surface area (Å²) in [6, 6.07) is 0. The molecule has 0 aromatic rings. The molecular formula is C8H13O2P.